The number of methoxy groups -OCH3 is 1. The van der Waals surface area contributed by atoms with Gasteiger partial charge in [0.05, 0.1) is 7.11 Å². The summed E-state index contributed by atoms with van der Waals surface area (Å²) in [6.07, 6.45) is 7.98. The zero-order valence-electron chi connectivity index (χ0n) is 12.1. The molecule has 1 aromatic rings. The Bertz CT molecular complexity index is 443. The molecule has 3 unspecified atom stereocenters. The van der Waals surface area contributed by atoms with E-state index in [1.807, 2.05) is 0 Å². The SMILES string of the molecule is COc1ccc2c(c1)C(NC1CCCCC1C)CC2. The summed E-state index contributed by atoms with van der Waals surface area (Å²) in [6.45, 7) is 2.40. The van der Waals surface area contributed by atoms with E-state index in [2.05, 4.69) is 30.4 Å². The molecule has 2 nitrogen and oxygen atoms in total. The molecule has 3 rings (SSSR count). The molecule has 1 N–H and O–H groups in total. The first kappa shape index (κ1) is 13.0. The Morgan fingerprint density at radius 3 is 2.79 bits per heavy atom. The molecule has 0 spiro atoms. The molecule has 1 fully saturated rings. The molecule has 2 heteroatoms. The van der Waals surface area contributed by atoms with E-state index in [9.17, 15) is 0 Å². The van der Waals surface area contributed by atoms with Crippen LogP contribution in [-0.2, 0) is 6.42 Å². The monoisotopic (exact) mass is 259 g/mol. The van der Waals surface area contributed by atoms with Crippen LogP contribution in [0, 0.1) is 5.92 Å². The first-order chi connectivity index (χ1) is 9.28. The maximum absolute atomic E-state index is 5.37. The Morgan fingerprint density at radius 1 is 1.16 bits per heavy atom. The molecule has 0 radical (unpaired) electrons. The highest BCUT2D eigenvalue weighted by Crippen LogP contribution is 2.36. The normalized spacial score (nSPS) is 30.1. The van der Waals surface area contributed by atoms with E-state index in [4.69, 9.17) is 4.74 Å². The van der Waals surface area contributed by atoms with Crippen LogP contribution in [0.25, 0.3) is 0 Å². The van der Waals surface area contributed by atoms with Gasteiger partial charge in [0, 0.05) is 12.1 Å². The van der Waals surface area contributed by atoms with E-state index in [0.717, 1.165) is 11.7 Å². The van der Waals surface area contributed by atoms with E-state index < -0.39 is 0 Å². The highest BCUT2D eigenvalue weighted by atomic mass is 16.5. The minimum atomic E-state index is 0.538. The minimum absolute atomic E-state index is 0.538. The molecule has 0 saturated heterocycles. The number of rotatable bonds is 3. The van der Waals surface area contributed by atoms with Crippen LogP contribution in [0.4, 0.5) is 0 Å². The van der Waals surface area contributed by atoms with Crippen LogP contribution in [0.3, 0.4) is 0 Å². The maximum atomic E-state index is 5.37. The summed E-state index contributed by atoms with van der Waals surface area (Å²) >= 11 is 0. The smallest absolute Gasteiger partial charge is 0.119 e. The summed E-state index contributed by atoms with van der Waals surface area (Å²) in [7, 11) is 1.75. The fraction of sp³-hybridized carbons (Fsp3) is 0.647. The number of hydrogen-bond acceptors (Lipinski definition) is 2. The number of benzene rings is 1. The van der Waals surface area contributed by atoms with Gasteiger partial charge >= 0.3 is 0 Å². The Morgan fingerprint density at radius 2 is 2.00 bits per heavy atom. The van der Waals surface area contributed by atoms with Gasteiger partial charge < -0.3 is 10.1 Å². The summed E-state index contributed by atoms with van der Waals surface area (Å²) in [6, 6.07) is 7.80. The van der Waals surface area contributed by atoms with Crippen LogP contribution in [0.2, 0.25) is 0 Å². The molecule has 104 valence electrons. The molecule has 0 amide bonds. The van der Waals surface area contributed by atoms with Crippen molar-refractivity contribution in [3.05, 3.63) is 29.3 Å². The summed E-state index contributed by atoms with van der Waals surface area (Å²) < 4.78 is 5.37. The largest absolute Gasteiger partial charge is 0.497 e. The van der Waals surface area contributed by atoms with Crippen LogP contribution in [0.5, 0.6) is 5.75 Å². The number of aryl methyl sites for hydroxylation is 1. The molecule has 1 saturated carbocycles. The number of nitrogens with one attached hydrogen (secondary N) is 1. The second-order valence-corrected chi connectivity index (χ2v) is 6.19. The highest BCUT2D eigenvalue weighted by molar-refractivity contribution is 5.40. The van der Waals surface area contributed by atoms with E-state index in [1.54, 1.807) is 7.11 Å². The van der Waals surface area contributed by atoms with E-state index >= 15 is 0 Å². The van der Waals surface area contributed by atoms with Gasteiger partial charge in [0.1, 0.15) is 5.75 Å². The van der Waals surface area contributed by atoms with Crippen molar-refractivity contribution in [2.45, 2.75) is 57.5 Å². The summed E-state index contributed by atoms with van der Waals surface area (Å²) in [4.78, 5) is 0. The third kappa shape index (κ3) is 2.64. The third-order valence-electron chi connectivity index (χ3n) is 4.96. The van der Waals surface area contributed by atoms with Gasteiger partial charge in [-0.2, -0.15) is 0 Å². The second kappa shape index (κ2) is 5.54. The van der Waals surface area contributed by atoms with Crippen LogP contribution in [-0.4, -0.2) is 13.2 Å². The van der Waals surface area contributed by atoms with E-state index in [-0.39, 0.29) is 0 Å². The predicted octanol–water partition coefficient (Wildman–Crippen LogP) is 3.85. The van der Waals surface area contributed by atoms with Crippen molar-refractivity contribution in [2.24, 2.45) is 5.92 Å². The van der Waals surface area contributed by atoms with Crippen molar-refractivity contribution in [1.82, 2.24) is 5.32 Å². The zero-order valence-corrected chi connectivity index (χ0v) is 12.1. The molecule has 3 atom stereocenters. The summed E-state index contributed by atoms with van der Waals surface area (Å²) in [5.41, 5.74) is 2.97. The van der Waals surface area contributed by atoms with Crippen molar-refractivity contribution in [2.75, 3.05) is 7.11 Å². The van der Waals surface area contributed by atoms with E-state index in [0.29, 0.717) is 12.1 Å². The molecular formula is C17H25NO. The van der Waals surface area contributed by atoms with Gasteiger partial charge in [-0.05, 0) is 54.9 Å². The number of hydrogen-bond donors (Lipinski definition) is 1. The Balaban J connectivity index is 1.74. The number of ether oxygens (including phenoxy) is 1. The lowest BCUT2D eigenvalue weighted by atomic mass is 9.85. The summed E-state index contributed by atoms with van der Waals surface area (Å²) in [5, 5.41) is 3.92. The molecule has 0 aliphatic heterocycles. The quantitative estimate of drug-likeness (QED) is 0.890. The van der Waals surface area contributed by atoms with E-state index in [1.165, 1.54) is 49.7 Å². The van der Waals surface area contributed by atoms with Gasteiger partial charge in [0.2, 0.25) is 0 Å². The van der Waals surface area contributed by atoms with Gasteiger partial charge in [-0.15, -0.1) is 0 Å². The van der Waals surface area contributed by atoms with Gasteiger partial charge in [-0.25, -0.2) is 0 Å². The lowest BCUT2D eigenvalue weighted by molar-refractivity contribution is 0.258. The van der Waals surface area contributed by atoms with Gasteiger partial charge in [0.25, 0.3) is 0 Å². The van der Waals surface area contributed by atoms with Crippen LogP contribution < -0.4 is 10.1 Å². The molecule has 0 bridgehead atoms. The van der Waals surface area contributed by atoms with Gasteiger partial charge in [-0.3, -0.25) is 0 Å². The molecule has 2 aliphatic rings. The average Bonchev–Trinajstić information content (AvgIpc) is 2.84. The van der Waals surface area contributed by atoms with Crippen molar-refractivity contribution in [3.8, 4) is 5.75 Å². The Hall–Kier alpha value is -1.02. The molecule has 19 heavy (non-hydrogen) atoms. The lowest BCUT2D eigenvalue weighted by Gasteiger charge is -2.32. The first-order valence-electron chi connectivity index (χ1n) is 7.71. The maximum Gasteiger partial charge on any atom is 0.119 e. The van der Waals surface area contributed by atoms with Crippen molar-refractivity contribution in [1.29, 1.82) is 0 Å². The molecule has 0 heterocycles. The standard InChI is InChI=1S/C17H25NO/c1-12-5-3-4-6-16(12)18-17-10-8-13-7-9-14(19-2)11-15(13)17/h7,9,11-12,16-18H,3-6,8,10H2,1-2H3. The number of fused-ring (bicyclic) bond motifs is 1. The van der Waals surface area contributed by atoms with Crippen molar-refractivity contribution < 1.29 is 4.74 Å². The highest BCUT2D eigenvalue weighted by Gasteiger charge is 2.28. The topological polar surface area (TPSA) is 21.3 Å². The predicted molar refractivity (Wildman–Crippen MR) is 78.6 cm³/mol. The molecule has 0 aromatic heterocycles. The fourth-order valence-corrected chi connectivity index (χ4v) is 3.70. The zero-order chi connectivity index (χ0) is 13.2. The second-order valence-electron chi connectivity index (χ2n) is 6.19. The van der Waals surface area contributed by atoms with Crippen LogP contribution >= 0.6 is 0 Å². The van der Waals surface area contributed by atoms with Crippen LogP contribution in [0.15, 0.2) is 18.2 Å². The van der Waals surface area contributed by atoms with Gasteiger partial charge in [0.15, 0.2) is 0 Å². The average molecular weight is 259 g/mol. The van der Waals surface area contributed by atoms with Crippen LogP contribution in [0.1, 0.15) is 56.2 Å². The fourth-order valence-electron chi connectivity index (χ4n) is 3.70. The molecule has 1 aromatic carbocycles. The van der Waals surface area contributed by atoms with Crippen molar-refractivity contribution in [3.63, 3.8) is 0 Å². The lowest BCUT2D eigenvalue weighted by Crippen LogP contribution is -2.38. The molecular weight excluding hydrogens is 234 g/mol. The van der Waals surface area contributed by atoms with Gasteiger partial charge in [-0.1, -0.05) is 25.8 Å². The third-order valence-corrected chi connectivity index (χ3v) is 4.96. The summed E-state index contributed by atoms with van der Waals surface area (Å²) in [5.74, 6) is 1.81. The van der Waals surface area contributed by atoms with Crippen molar-refractivity contribution >= 4 is 0 Å². The first-order valence-corrected chi connectivity index (χ1v) is 7.71. The Kier molecular flexibility index (Phi) is 3.79. The Labute approximate surface area is 116 Å². The molecule has 2 aliphatic carbocycles. The minimum Gasteiger partial charge on any atom is -0.497 e.